The standard InChI is InChI=1S/C18H25F3N4O3/c1-3-27-17(26)25-14(12-8-9-12)11-24-16(22-2)23-10-13-6-4-5-7-15(13)28-18(19,20)21/h4-7,12,14H,3,8-11H2,1-2H3,(H,25,26)(H2,22,23,24). The van der Waals surface area contributed by atoms with Crippen molar-refractivity contribution in [1.82, 2.24) is 16.0 Å². The lowest BCUT2D eigenvalue weighted by Crippen LogP contribution is -2.48. The predicted octanol–water partition coefficient (Wildman–Crippen LogP) is 2.77. The highest BCUT2D eigenvalue weighted by atomic mass is 19.4. The quantitative estimate of drug-likeness (QED) is 0.460. The summed E-state index contributed by atoms with van der Waals surface area (Å²) in [5.74, 6) is 0.506. The second kappa shape index (κ2) is 10.0. The molecule has 0 radical (unpaired) electrons. The summed E-state index contributed by atoms with van der Waals surface area (Å²) < 4.78 is 46.5. The van der Waals surface area contributed by atoms with Crippen molar-refractivity contribution in [2.24, 2.45) is 10.9 Å². The molecule has 0 saturated heterocycles. The van der Waals surface area contributed by atoms with Gasteiger partial charge in [0.15, 0.2) is 5.96 Å². The van der Waals surface area contributed by atoms with Crippen molar-refractivity contribution in [3.8, 4) is 5.75 Å². The van der Waals surface area contributed by atoms with Gasteiger partial charge in [0.1, 0.15) is 5.75 Å². The zero-order valence-corrected chi connectivity index (χ0v) is 15.8. The summed E-state index contributed by atoms with van der Waals surface area (Å²) in [5.41, 5.74) is 0.339. The number of ether oxygens (including phenoxy) is 2. The minimum absolute atomic E-state index is 0.0886. The molecule has 7 nitrogen and oxygen atoms in total. The van der Waals surface area contributed by atoms with Crippen LogP contribution in [0.25, 0.3) is 0 Å². The topological polar surface area (TPSA) is 84.0 Å². The van der Waals surface area contributed by atoms with Gasteiger partial charge in [-0.2, -0.15) is 0 Å². The molecular formula is C18H25F3N4O3. The van der Waals surface area contributed by atoms with Crippen molar-refractivity contribution >= 4 is 12.1 Å². The van der Waals surface area contributed by atoms with Gasteiger partial charge in [-0.3, -0.25) is 4.99 Å². The van der Waals surface area contributed by atoms with Gasteiger partial charge in [0.05, 0.1) is 12.6 Å². The number of hydrogen-bond donors (Lipinski definition) is 3. The van der Waals surface area contributed by atoms with E-state index in [0.29, 0.717) is 30.6 Å². The molecule has 1 aromatic carbocycles. The summed E-state index contributed by atoms with van der Waals surface area (Å²) in [6.45, 7) is 2.53. The van der Waals surface area contributed by atoms with Gasteiger partial charge < -0.3 is 25.4 Å². The largest absolute Gasteiger partial charge is 0.573 e. The minimum atomic E-state index is -4.76. The van der Waals surface area contributed by atoms with Crippen molar-refractivity contribution < 1.29 is 27.4 Å². The number of guanidine groups is 1. The SMILES string of the molecule is CCOC(=O)NC(CNC(=NC)NCc1ccccc1OC(F)(F)F)C1CC1. The maximum atomic E-state index is 12.5. The predicted molar refractivity (Wildman–Crippen MR) is 98.0 cm³/mol. The molecule has 0 heterocycles. The molecule has 1 aliphatic carbocycles. The first-order valence-corrected chi connectivity index (χ1v) is 9.03. The van der Waals surface area contributed by atoms with E-state index in [1.165, 1.54) is 18.2 Å². The van der Waals surface area contributed by atoms with Gasteiger partial charge in [0, 0.05) is 25.7 Å². The number of alkyl halides is 3. The van der Waals surface area contributed by atoms with E-state index < -0.39 is 12.5 Å². The molecule has 156 valence electrons. The van der Waals surface area contributed by atoms with E-state index in [1.807, 2.05) is 0 Å². The van der Waals surface area contributed by atoms with E-state index in [9.17, 15) is 18.0 Å². The highest BCUT2D eigenvalue weighted by Gasteiger charge is 2.33. The van der Waals surface area contributed by atoms with Gasteiger partial charge in [0.2, 0.25) is 0 Å². The Morgan fingerprint density at radius 1 is 1.29 bits per heavy atom. The van der Waals surface area contributed by atoms with Crippen LogP contribution in [0.1, 0.15) is 25.3 Å². The van der Waals surface area contributed by atoms with E-state index in [-0.39, 0.29) is 18.3 Å². The van der Waals surface area contributed by atoms with Crippen LogP contribution in [-0.2, 0) is 11.3 Å². The number of nitrogens with zero attached hydrogens (tertiary/aromatic N) is 1. The second-order valence-corrected chi connectivity index (χ2v) is 6.27. The molecule has 3 N–H and O–H groups in total. The van der Waals surface area contributed by atoms with E-state index in [0.717, 1.165) is 12.8 Å². The van der Waals surface area contributed by atoms with Gasteiger partial charge in [-0.05, 0) is 31.7 Å². The summed E-state index contributed by atoms with van der Waals surface area (Å²) in [6.07, 6.45) is -3.19. The Hall–Kier alpha value is -2.65. The molecule has 1 amide bonds. The molecule has 0 bridgehead atoms. The van der Waals surface area contributed by atoms with Crippen molar-refractivity contribution in [3.63, 3.8) is 0 Å². The molecule has 0 aliphatic heterocycles. The van der Waals surface area contributed by atoms with Gasteiger partial charge in [-0.15, -0.1) is 13.2 Å². The number of para-hydroxylation sites is 1. The average Bonchev–Trinajstić information content (AvgIpc) is 3.46. The van der Waals surface area contributed by atoms with Crippen LogP contribution in [0.2, 0.25) is 0 Å². The number of carbonyl (C=O) groups excluding carboxylic acids is 1. The Kier molecular flexibility index (Phi) is 7.77. The average molecular weight is 402 g/mol. The maximum Gasteiger partial charge on any atom is 0.573 e. The molecule has 10 heteroatoms. The van der Waals surface area contributed by atoms with E-state index in [1.54, 1.807) is 20.0 Å². The number of hydrogen-bond acceptors (Lipinski definition) is 4. The molecule has 2 rings (SSSR count). The summed E-state index contributed by atoms with van der Waals surface area (Å²) in [6, 6.07) is 5.78. The van der Waals surface area contributed by atoms with Crippen LogP contribution in [-0.4, -0.2) is 44.7 Å². The monoisotopic (exact) mass is 402 g/mol. The van der Waals surface area contributed by atoms with E-state index >= 15 is 0 Å². The maximum absolute atomic E-state index is 12.5. The molecular weight excluding hydrogens is 377 g/mol. The number of nitrogens with one attached hydrogen (secondary N) is 3. The van der Waals surface area contributed by atoms with Crippen LogP contribution in [0.5, 0.6) is 5.75 Å². The Morgan fingerprint density at radius 3 is 2.61 bits per heavy atom. The van der Waals surface area contributed by atoms with Crippen LogP contribution in [0.4, 0.5) is 18.0 Å². The minimum Gasteiger partial charge on any atom is -0.450 e. The molecule has 1 unspecified atom stereocenters. The number of halogens is 3. The number of amides is 1. The van der Waals surface area contributed by atoms with Crippen molar-refractivity contribution in [2.75, 3.05) is 20.2 Å². The summed E-state index contributed by atoms with van der Waals surface area (Å²) in [7, 11) is 1.55. The van der Waals surface area contributed by atoms with Crippen LogP contribution in [0.3, 0.4) is 0 Å². The van der Waals surface area contributed by atoms with Crippen LogP contribution in [0.15, 0.2) is 29.3 Å². The molecule has 1 aromatic rings. The Bertz CT molecular complexity index is 678. The third-order valence-electron chi connectivity index (χ3n) is 4.13. The first-order valence-electron chi connectivity index (χ1n) is 9.03. The van der Waals surface area contributed by atoms with Crippen molar-refractivity contribution in [1.29, 1.82) is 0 Å². The zero-order chi connectivity index (χ0) is 20.6. The molecule has 28 heavy (non-hydrogen) atoms. The zero-order valence-electron chi connectivity index (χ0n) is 15.8. The van der Waals surface area contributed by atoms with Gasteiger partial charge >= 0.3 is 12.5 Å². The van der Waals surface area contributed by atoms with E-state index in [2.05, 4.69) is 25.7 Å². The second-order valence-electron chi connectivity index (χ2n) is 6.27. The van der Waals surface area contributed by atoms with Gasteiger partial charge in [-0.25, -0.2) is 4.79 Å². The van der Waals surface area contributed by atoms with Gasteiger partial charge in [0.25, 0.3) is 0 Å². The van der Waals surface area contributed by atoms with Crippen molar-refractivity contribution in [3.05, 3.63) is 29.8 Å². The first-order chi connectivity index (χ1) is 13.3. The summed E-state index contributed by atoms with van der Waals surface area (Å²) in [5, 5.41) is 8.85. The molecule has 1 aliphatic rings. The molecule has 0 spiro atoms. The Labute approximate surface area is 161 Å². The molecule has 1 saturated carbocycles. The third-order valence-corrected chi connectivity index (χ3v) is 4.13. The number of benzene rings is 1. The van der Waals surface area contributed by atoms with Crippen LogP contribution in [0, 0.1) is 5.92 Å². The first kappa shape index (κ1) is 21.6. The van der Waals surface area contributed by atoms with E-state index in [4.69, 9.17) is 4.74 Å². The fourth-order valence-electron chi connectivity index (χ4n) is 2.64. The smallest absolute Gasteiger partial charge is 0.450 e. The number of aliphatic imine (C=N–C) groups is 1. The Balaban J connectivity index is 1.88. The van der Waals surface area contributed by atoms with Crippen molar-refractivity contribution in [2.45, 2.75) is 38.7 Å². The number of alkyl carbamates (subject to hydrolysis) is 1. The lowest BCUT2D eigenvalue weighted by atomic mass is 10.2. The number of carbonyl (C=O) groups is 1. The fourth-order valence-corrected chi connectivity index (χ4v) is 2.64. The van der Waals surface area contributed by atoms with Crippen LogP contribution >= 0.6 is 0 Å². The number of rotatable bonds is 8. The Morgan fingerprint density at radius 2 is 2.00 bits per heavy atom. The lowest BCUT2D eigenvalue weighted by Gasteiger charge is -2.20. The third kappa shape index (κ3) is 7.53. The van der Waals surface area contributed by atoms with Crippen LogP contribution < -0.4 is 20.7 Å². The fraction of sp³-hybridized carbons (Fsp3) is 0.556. The summed E-state index contributed by atoms with van der Waals surface area (Å²) in [4.78, 5) is 15.7. The molecule has 1 atom stereocenters. The highest BCUT2D eigenvalue weighted by molar-refractivity contribution is 5.79. The highest BCUT2D eigenvalue weighted by Crippen LogP contribution is 2.32. The summed E-state index contributed by atoms with van der Waals surface area (Å²) >= 11 is 0. The normalized spacial score (nSPS) is 15.5. The van der Waals surface area contributed by atoms with Gasteiger partial charge in [-0.1, -0.05) is 18.2 Å². The lowest BCUT2D eigenvalue weighted by molar-refractivity contribution is -0.274. The molecule has 1 fully saturated rings. The molecule has 0 aromatic heterocycles.